The Labute approximate surface area is 91.9 Å². The molecule has 1 aromatic carbocycles. The number of halogens is 1. The second-order valence-corrected chi connectivity index (χ2v) is 3.09. The summed E-state index contributed by atoms with van der Waals surface area (Å²) in [6.07, 6.45) is -0.226. The Bertz CT molecular complexity index is 492. The molecule has 0 bridgehead atoms. The first kappa shape index (κ1) is 11.1. The zero-order chi connectivity index (χ0) is 11.3. The number of hydrogen-bond acceptors (Lipinski definition) is 2. The van der Waals surface area contributed by atoms with Crippen LogP contribution in [0.25, 0.3) is 0 Å². The van der Waals surface area contributed by atoms with Crippen LogP contribution in [0.3, 0.4) is 0 Å². The Morgan fingerprint density at radius 3 is 2.80 bits per heavy atom. The summed E-state index contributed by atoms with van der Waals surface area (Å²) in [4.78, 5) is 10.2. The average molecular weight is 220 g/mol. The highest BCUT2D eigenvalue weighted by molar-refractivity contribution is 6.31. The van der Waals surface area contributed by atoms with Crippen LogP contribution in [0.4, 0.5) is 0 Å². The molecule has 0 amide bonds. The lowest BCUT2D eigenvalue weighted by Gasteiger charge is -1.95. The van der Waals surface area contributed by atoms with Crippen LogP contribution in [0, 0.1) is 23.2 Å². The van der Waals surface area contributed by atoms with E-state index in [0.29, 0.717) is 16.1 Å². The minimum atomic E-state index is -0.979. The van der Waals surface area contributed by atoms with Gasteiger partial charge in [-0.2, -0.15) is 5.26 Å². The molecule has 0 saturated carbocycles. The van der Waals surface area contributed by atoms with Crippen molar-refractivity contribution in [1.82, 2.24) is 0 Å². The molecule has 0 saturated heterocycles. The van der Waals surface area contributed by atoms with Crippen molar-refractivity contribution < 1.29 is 9.90 Å². The van der Waals surface area contributed by atoms with Crippen LogP contribution in [0.2, 0.25) is 5.02 Å². The largest absolute Gasteiger partial charge is 0.481 e. The van der Waals surface area contributed by atoms with Crippen LogP contribution in [-0.4, -0.2) is 11.1 Å². The third kappa shape index (κ3) is 3.34. The van der Waals surface area contributed by atoms with Crippen molar-refractivity contribution in [3.05, 3.63) is 34.3 Å². The molecule has 1 rings (SSSR count). The SMILES string of the molecule is N#Cc1ccc(C#CCC(=O)O)c(Cl)c1. The fourth-order valence-electron chi connectivity index (χ4n) is 0.901. The molecule has 0 aliphatic heterocycles. The molecule has 0 aliphatic rings. The Morgan fingerprint density at radius 2 is 2.27 bits per heavy atom. The molecule has 0 aromatic heterocycles. The molecule has 0 unspecified atom stereocenters. The van der Waals surface area contributed by atoms with E-state index >= 15 is 0 Å². The van der Waals surface area contributed by atoms with E-state index in [9.17, 15) is 4.79 Å². The van der Waals surface area contributed by atoms with Crippen molar-refractivity contribution in [2.45, 2.75) is 6.42 Å². The average Bonchev–Trinajstić information content (AvgIpc) is 2.20. The van der Waals surface area contributed by atoms with Gasteiger partial charge in [0.2, 0.25) is 0 Å². The molecule has 74 valence electrons. The van der Waals surface area contributed by atoms with Gasteiger partial charge in [0.15, 0.2) is 0 Å². The lowest BCUT2D eigenvalue weighted by Crippen LogP contribution is -1.90. The second-order valence-electron chi connectivity index (χ2n) is 2.68. The number of rotatable bonds is 1. The van der Waals surface area contributed by atoms with Crippen molar-refractivity contribution in [3.63, 3.8) is 0 Å². The highest BCUT2D eigenvalue weighted by Crippen LogP contribution is 2.16. The van der Waals surface area contributed by atoms with Gasteiger partial charge in [0.1, 0.15) is 6.42 Å². The Balaban J connectivity index is 2.91. The van der Waals surface area contributed by atoms with E-state index in [0.717, 1.165) is 0 Å². The maximum Gasteiger partial charge on any atom is 0.315 e. The topological polar surface area (TPSA) is 61.1 Å². The second kappa shape index (κ2) is 5.05. The predicted molar refractivity (Wildman–Crippen MR) is 55.3 cm³/mol. The summed E-state index contributed by atoms with van der Waals surface area (Å²) in [6.45, 7) is 0. The number of aliphatic carboxylic acids is 1. The Kier molecular flexibility index (Phi) is 3.74. The van der Waals surface area contributed by atoms with Crippen molar-refractivity contribution >= 4 is 17.6 Å². The molecule has 4 heteroatoms. The lowest BCUT2D eigenvalue weighted by atomic mass is 10.1. The van der Waals surface area contributed by atoms with Gasteiger partial charge in [0.25, 0.3) is 0 Å². The van der Waals surface area contributed by atoms with Crippen molar-refractivity contribution in [2.75, 3.05) is 0 Å². The van der Waals surface area contributed by atoms with E-state index in [2.05, 4.69) is 11.8 Å². The number of benzene rings is 1. The molecule has 0 radical (unpaired) electrons. The first-order valence-corrected chi connectivity index (χ1v) is 4.41. The van der Waals surface area contributed by atoms with Crippen LogP contribution in [0.1, 0.15) is 17.5 Å². The zero-order valence-electron chi connectivity index (χ0n) is 7.62. The molecular weight excluding hydrogens is 214 g/mol. The lowest BCUT2D eigenvalue weighted by molar-refractivity contribution is -0.135. The molecule has 1 aromatic rings. The molecule has 0 spiro atoms. The number of carboxylic acids is 1. The van der Waals surface area contributed by atoms with E-state index in [1.54, 1.807) is 12.1 Å². The van der Waals surface area contributed by atoms with Gasteiger partial charge >= 0.3 is 5.97 Å². The predicted octanol–water partition coefficient (Wildman–Crippen LogP) is 2.04. The summed E-state index contributed by atoms with van der Waals surface area (Å²) in [7, 11) is 0. The molecule has 0 atom stereocenters. The summed E-state index contributed by atoms with van der Waals surface area (Å²) in [5, 5.41) is 17.3. The summed E-state index contributed by atoms with van der Waals surface area (Å²) >= 11 is 5.82. The molecule has 0 fully saturated rings. The van der Waals surface area contributed by atoms with Crippen molar-refractivity contribution in [2.24, 2.45) is 0 Å². The smallest absolute Gasteiger partial charge is 0.315 e. The van der Waals surface area contributed by atoms with Gasteiger partial charge in [-0.3, -0.25) is 4.79 Å². The fraction of sp³-hybridized carbons (Fsp3) is 0.0909. The van der Waals surface area contributed by atoms with Gasteiger partial charge < -0.3 is 5.11 Å². The van der Waals surface area contributed by atoms with Crippen LogP contribution in [0.5, 0.6) is 0 Å². The maximum absolute atomic E-state index is 10.2. The van der Waals surface area contributed by atoms with Crippen LogP contribution < -0.4 is 0 Å². The first-order valence-electron chi connectivity index (χ1n) is 4.04. The van der Waals surface area contributed by atoms with Gasteiger partial charge in [0, 0.05) is 5.56 Å². The minimum Gasteiger partial charge on any atom is -0.481 e. The number of nitriles is 1. The van der Waals surface area contributed by atoms with Crippen LogP contribution >= 0.6 is 11.6 Å². The minimum absolute atomic E-state index is 0.226. The fourth-order valence-corrected chi connectivity index (χ4v) is 1.13. The van der Waals surface area contributed by atoms with E-state index < -0.39 is 5.97 Å². The summed E-state index contributed by atoms with van der Waals surface area (Å²) in [5.74, 6) is 4.11. The third-order valence-corrected chi connectivity index (χ3v) is 1.87. The Hall–Kier alpha value is -1.97. The number of hydrogen-bond donors (Lipinski definition) is 1. The standard InChI is InChI=1S/C11H6ClNO2/c12-10-6-8(7-13)4-5-9(10)2-1-3-11(14)15/h4-6H,3H2,(H,14,15). The molecule has 0 heterocycles. The molecule has 15 heavy (non-hydrogen) atoms. The number of carboxylic acid groups (broad SMARTS) is 1. The van der Waals surface area contributed by atoms with E-state index in [-0.39, 0.29) is 6.42 Å². The van der Waals surface area contributed by atoms with Crippen molar-refractivity contribution in [3.8, 4) is 17.9 Å². The normalized spacial score (nSPS) is 8.53. The summed E-state index contributed by atoms with van der Waals surface area (Å²) in [5.41, 5.74) is 0.973. The first-order chi connectivity index (χ1) is 7.13. The third-order valence-electron chi connectivity index (χ3n) is 1.56. The molecule has 3 nitrogen and oxygen atoms in total. The van der Waals surface area contributed by atoms with Gasteiger partial charge in [-0.05, 0) is 18.2 Å². The van der Waals surface area contributed by atoms with Gasteiger partial charge in [-0.15, -0.1) is 0 Å². The number of nitrogens with zero attached hydrogens (tertiary/aromatic N) is 1. The Morgan fingerprint density at radius 1 is 1.53 bits per heavy atom. The zero-order valence-corrected chi connectivity index (χ0v) is 8.38. The summed E-state index contributed by atoms with van der Waals surface area (Å²) in [6, 6.07) is 6.61. The molecule has 1 N–H and O–H groups in total. The van der Waals surface area contributed by atoms with Crippen molar-refractivity contribution in [1.29, 1.82) is 5.26 Å². The highest BCUT2D eigenvalue weighted by atomic mass is 35.5. The van der Waals surface area contributed by atoms with Gasteiger partial charge in [0.05, 0.1) is 16.7 Å². The highest BCUT2D eigenvalue weighted by Gasteiger charge is 1.98. The van der Waals surface area contributed by atoms with E-state index in [1.807, 2.05) is 6.07 Å². The monoisotopic (exact) mass is 219 g/mol. The van der Waals surface area contributed by atoms with Gasteiger partial charge in [-0.1, -0.05) is 23.4 Å². The number of carbonyl (C=O) groups is 1. The molecule has 0 aliphatic carbocycles. The van der Waals surface area contributed by atoms with Gasteiger partial charge in [-0.25, -0.2) is 0 Å². The van der Waals surface area contributed by atoms with E-state index in [4.69, 9.17) is 22.0 Å². The van der Waals surface area contributed by atoms with Crippen LogP contribution in [-0.2, 0) is 4.79 Å². The molecular formula is C11H6ClNO2. The summed E-state index contributed by atoms with van der Waals surface area (Å²) < 4.78 is 0. The van der Waals surface area contributed by atoms with E-state index in [1.165, 1.54) is 6.07 Å². The maximum atomic E-state index is 10.2. The quantitative estimate of drug-likeness (QED) is 0.736. The van der Waals surface area contributed by atoms with Crippen LogP contribution in [0.15, 0.2) is 18.2 Å².